The number of rotatable bonds is 0. The molecule has 0 unspecified atom stereocenters. The first kappa shape index (κ1) is 8.72. The monoisotopic (exact) mass is 195 g/mol. The highest BCUT2D eigenvalue weighted by Crippen LogP contribution is 2.36. The molecule has 1 aliphatic carbocycles. The molecule has 3 heteroatoms. The molecule has 0 aromatic heterocycles. The molecule has 1 amide bonds. The third kappa shape index (κ3) is 0.991. The van der Waals surface area contributed by atoms with Crippen molar-refractivity contribution >= 4 is 5.91 Å². The zero-order valence-corrected chi connectivity index (χ0v) is 8.83. The molecular weight excluding hydrogens is 176 g/mol. The van der Waals surface area contributed by atoms with Gasteiger partial charge in [-0.1, -0.05) is 6.42 Å². The van der Waals surface area contributed by atoms with E-state index in [2.05, 4.69) is 17.1 Å². The second-order valence-electron chi connectivity index (χ2n) is 5.30. The van der Waals surface area contributed by atoms with Crippen molar-refractivity contribution in [2.45, 2.75) is 63.2 Å². The summed E-state index contributed by atoms with van der Waals surface area (Å²) in [5.41, 5.74) is 0.122. The molecule has 0 bridgehead atoms. The lowest BCUT2D eigenvalue weighted by Crippen LogP contribution is -2.98. The maximum Gasteiger partial charge on any atom is 0.228 e. The molecule has 0 spiro atoms. The summed E-state index contributed by atoms with van der Waals surface area (Å²) in [6.45, 7) is 2.25. The van der Waals surface area contributed by atoms with Crippen molar-refractivity contribution in [1.29, 1.82) is 0 Å². The Morgan fingerprint density at radius 2 is 2.21 bits per heavy atom. The van der Waals surface area contributed by atoms with Crippen LogP contribution in [0.25, 0.3) is 0 Å². The van der Waals surface area contributed by atoms with E-state index in [4.69, 9.17) is 0 Å². The smallest absolute Gasteiger partial charge is 0.228 e. The summed E-state index contributed by atoms with van der Waals surface area (Å²) in [7, 11) is 0. The SMILES string of the molecule is C[C@@]12CCC(=O)N1[C@@H]1CCCC[C@@H]1[NH2+]2. The van der Waals surface area contributed by atoms with Crippen LogP contribution in [0.2, 0.25) is 0 Å². The molecule has 0 aromatic rings. The predicted octanol–water partition coefficient (Wildman–Crippen LogP) is 0.213. The molecule has 14 heavy (non-hydrogen) atoms. The van der Waals surface area contributed by atoms with Gasteiger partial charge in [0.2, 0.25) is 5.91 Å². The maximum absolute atomic E-state index is 11.8. The van der Waals surface area contributed by atoms with Crippen molar-refractivity contribution in [3.8, 4) is 0 Å². The van der Waals surface area contributed by atoms with E-state index in [0.29, 0.717) is 18.0 Å². The minimum Gasteiger partial charge on any atom is -0.320 e. The number of amides is 1. The van der Waals surface area contributed by atoms with E-state index in [-0.39, 0.29) is 5.66 Å². The van der Waals surface area contributed by atoms with Gasteiger partial charge in [-0.25, -0.2) is 0 Å². The van der Waals surface area contributed by atoms with E-state index >= 15 is 0 Å². The Morgan fingerprint density at radius 3 is 3.07 bits per heavy atom. The molecule has 2 N–H and O–H groups in total. The van der Waals surface area contributed by atoms with E-state index in [9.17, 15) is 4.79 Å². The summed E-state index contributed by atoms with van der Waals surface area (Å²) in [6, 6.07) is 1.27. The third-order valence-corrected chi connectivity index (χ3v) is 4.35. The lowest BCUT2D eigenvalue weighted by Gasteiger charge is -2.28. The Kier molecular flexibility index (Phi) is 1.69. The van der Waals surface area contributed by atoms with Crippen LogP contribution in [0.4, 0.5) is 0 Å². The molecule has 3 fully saturated rings. The van der Waals surface area contributed by atoms with E-state index < -0.39 is 0 Å². The van der Waals surface area contributed by atoms with Crippen molar-refractivity contribution in [3.63, 3.8) is 0 Å². The normalized spacial score (nSPS) is 46.6. The van der Waals surface area contributed by atoms with Gasteiger partial charge in [-0.2, -0.15) is 0 Å². The molecule has 3 rings (SSSR count). The van der Waals surface area contributed by atoms with Gasteiger partial charge in [0.25, 0.3) is 0 Å². The third-order valence-electron chi connectivity index (χ3n) is 4.35. The van der Waals surface area contributed by atoms with Crippen LogP contribution < -0.4 is 5.32 Å². The van der Waals surface area contributed by atoms with Gasteiger partial charge < -0.3 is 5.32 Å². The highest BCUT2D eigenvalue weighted by Gasteiger charge is 2.58. The Hall–Kier alpha value is -0.570. The molecule has 2 saturated heterocycles. The Balaban J connectivity index is 1.92. The first-order valence-electron chi connectivity index (χ1n) is 5.89. The highest BCUT2D eigenvalue weighted by molar-refractivity contribution is 5.79. The zero-order valence-electron chi connectivity index (χ0n) is 8.83. The molecular formula is C11H19N2O+. The van der Waals surface area contributed by atoms with E-state index in [0.717, 1.165) is 12.8 Å². The van der Waals surface area contributed by atoms with Crippen LogP contribution in [0.5, 0.6) is 0 Å². The lowest BCUT2D eigenvalue weighted by molar-refractivity contribution is -0.742. The molecule has 0 aromatic carbocycles. The van der Waals surface area contributed by atoms with Crippen molar-refractivity contribution in [2.24, 2.45) is 0 Å². The summed E-state index contributed by atoms with van der Waals surface area (Å²) >= 11 is 0. The number of carbonyl (C=O) groups is 1. The fraction of sp³-hybridized carbons (Fsp3) is 0.909. The standard InChI is InChI=1S/C11H18N2O/c1-11-7-6-10(14)13(11)9-5-3-2-4-8(9)12-11/h8-9,12H,2-7H2,1H3/p+1/t8-,9+,11-/m0/s1. The number of hydrogen-bond donors (Lipinski definition) is 1. The molecule has 3 atom stereocenters. The molecule has 0 radical (unpaired) electrons. The first-order valence-corrected chi connectivity index (χ1v) is 5.89. The van der Waals surface area contributed by atoms with Crippen molar-refractivity contribution < 1.29 is 10.1 Å². The quantitative estimate of drug-likeness (QED) is 0.589. The van der Waals surface area contributed by atoms with Gasteiger partial charge in [0.05, 0.1) is 6.04 Å². The van der Waals surface area contributed by atoms with Crippen molar-refractivity contribution in [1.82, 2.24) is 4.90 Å². The molecule has 2 heterocycles. The molecule has 3 aliphatic rings. The van der Waals surface area contributed by atoms with E-state index in [1.54, 1.807) is 0 Å². The maximum atomic E-state index is 11.8. The molecule has 3 nitrogen and oxygen atoms in total. The van der Waals surface area contributed by atoms with Gasteiger partial charge in [-0.3, -0.25) is 9.69 Å². The number of carbonyl (C=O) groups excluding carboxylic acids is 1. The largest absolute Gasteiger partial charge is 0.320 e. The van der Waals surface area contributed by atoms with E-state index in [1.807, 2.05) is 0 Å². The second-order valence-corrected chi connectivity index (χ2v) is 5.30. The van der Waals surface area contributed by atoms with Crippen LogP contribution in [0.1, 0.15) is 45.4 Å². The average molecular weight is 195 g/mol. The predicted molar refractivity (Wildman–Crippen MR) is 52.5 cm³/mol. The van der Waals surface area contributed by atoms with Gasteiger partial charge >= 0.3 is 0 Å². The Labute approximate surface area is 84.8 Å². The zero-order chi connectivity index (χ0) is 9.76. The fourth-order valence-corrected chi connectivity index (χ4v) is 3.73. The summed E-state index contributed by atoms with van der Waals surface area (Å²) in [6.07, 6.45) is 7.05. The topological polar surface area (TPSA) is 36.9 Å². The van der Waals surface area contributed by atoms with Gasteiger partial charge in [-0.15, -0.1) is 0 Å². The number of quaternary nitrogens is 1. The molecule has 78 valence electrons. The second kappa shape index (κ2) is 2.72. The first-order chi connectivity index (χ1) is 6.71. The number of hydrogen-bond acceptors (Lipinski definition) is 1. The highest BCUT2D eigenvalue weighted by atomic mass is 16.2. The number of nitrogens with two attached hydrogens (primary N) is 1. The van der Waals surface area contributed by atoms with Crippen LogP contribution >= 0.6 is 0 Å². The van der Waals surface area contributed by atoms with Crippen LogP contribution in [-0.4, -0.2) is 28.6 Å². The van der Waals surface area contributed by atoms with Crippen LogP contribution in [0, 0.1) is 0 Å². The minimum absolute atomic E-state index is 0.122. The van der Waals surface area contributed by atoms with Crippen molar-refractivity contribution in [2.75, 3.05) is 0 Å². The summed E-state index contributed by atoms with van der Waals surface area (Å²) < 4.78 is 0. The molecule has 1 saturated carbocycles. The minimum atomic E-state index is 0.122. The van der Waals surface area contributed by atoms with Gasteiger partial charge in [-0.05, 0) is 12.8 Å². The van der Waals surface area contributed by atoms with Gasteiger partial charge in [0.15, 0.2) is 5.66 Å². The number of nitrogens with zero attached hydrogens (tertiary/aromatic N) is 1. The van der Waals surface area contributed by atoms with Crippen LogP contribution in [0.15, 0.2) is 0 Å². The summed E-state index contributed by atoms with van der Waals surface area (Å²) in [4.78, 5) is 14.0. The lowest BCUT2D eigenvalue weighted by atomic mass is 9.91. The summed E-state index contributed by atoms with van der Waals surface area (Å²) in [5.74, 6) is 0.401. The average Bonchev–Trinajstić information content (AvgIpc) is 2.60. The fourth-order valence-electron chi connectivity index (χ4n) is 3.73. The van der Waals surface area contributed by atoms with E-state index in [1.165, 1.54) is 25.7 Å². The van der Waals surface area contributed by atoms with Gasteiger partial charge in [0, 0.05) is 26.2 Å². The summed E-state index contributed by atoms with van der Waals surface area (Å²) in [5, 5.41) is 2.47. The van der Waals surface area contributed by atoms with Crippen molar-refractivity contribution in [3.05, 3.63) is 0 Å². The van der Waals surface area contributed by atoms with Crippen LogP contribution in [-0.2, 0) is 4.79 Å². The molecule has 2 aliphatic heterocycles. The Morgan fingerprint density at radius 1 is 1.43 bits per heavy atom. The number of fused-ring (bicyclic) bond motifs is 3. The van der Waals surface area contributed by atoms with Crippen LogP contribution in [0.3, 0.4) is 0 Å². The Bertz CT molecular complexity index is 278. The van der Waals surface area contributed by atoms with Gasteiger partial charge in [0.1, 0.15) is 6.04 Å².